The molecule has 0 bridgehead atoms. The number of fused-ring (bicyclic) bond motifs is 1. The summed E-state index contributed by atoms with van der Waals surface area (Å²) < 4.78 is 0. The van der Waals surface area contributed by atoms with Gasteiger partial charge in [0, 0.05) is 17.5 Å². The zero-order chi connectivity index (χ0) is 18.6. The normalized spacial score (nSPS) is 14.7. The quantitative estimate of drug-likeness (QED) is 0.554. The largest absolute Gasteiger partial charge is 0.369 e. The summed E-state index contributed by atoms with van der Waals surface area (Å²) in [5, 5.41) is 5.58. The van der Waals surface area contributed by atoms with E-state index in [4.69, 9.17) is 33.2 Å². The molecule has 2 aromatic carbocycles. The van der Waals surface area contributed by atoms with Crippen LogP contribution in [0, 0.1) is 0 Å². The van der Waals surface area contributed by atoms with E-state index in [0.29, 0.717) is 15.9 Å². The van der Waals surface area contributed by atoms with E-state index in [2.05, 4.69) is 16.3 Å². The van der Waals surface area contributed by atoms with Crippen LogP contribution in [0.1, 0.15) is 19.3 Å². The molecule has 0 unspecified atom stereocenters. The Hall–Kier alpha value is -1.88. The third-order valence-electron chi connectivity index (χ3n) is 4.92. The van der Waals surface area contributed by atoms with Crippen molar-refractivity contribution in [1.29, 1.82) is 0 Å². The predicted octanol–water partition coefficient (Wildman–Crippen LogP) is 5.50. The number of nitrogens with zero attached hydrogens (tertiary/aromatic N) is 3. The lowest BCUT2D eigenvalue weighted by Gasteiger charge is -2.15. The summed E-state index contributed by atoms with van der Waals surface area (Å²) in [5.41, 5.74) is 1.77. The number of benzene rings is 2. The monoisotopic (exact) mass is 400 g/mol. The Morgan fingerprint density at radius 3 is 2.59 bits per heavy atom. The Balaban J connectivity index is 1.57. The van der Waals surface area contributed by atoms with Crippen LogP contribution in [0.2, 0.25) is 10.0 Å². The third-order valence-corrected chi connectivity index (χ3v) is 5.66. The molecule has 27 heavy (non-hydrogen) atoms. The topological polar surface area (TPSA) is 41.1 Å². The van der Waals surface area contributed by atoms with Gasteiger partial charge in [0.1, 0.15) is 5.82 Å². The first kappa shape index (κ1) is 18.5. The molecule has 0 amide bonds. The van der Waals surface area contributed by atoms with E-state index in [1.165, 1.54) is 25.9 Å². The lowest BCUT2D eigenvalue weighted by Crippen LogP contribution is -2.22. The first-order chi connectivity index (χ1) is 13.2. The Kier molecular flexibility index (Phi) is 5.77. The Labute approximate surface area is 169 Å². The molecule has 140 valence electrons. The standard InChI is InChI=1S/C21H22Cl2N4/c22-17-9-8-15(14-18(17)23)20-25-19-7-2-1-6-16(19)21(26-20)24-10-5-13-27-11-3-4-12-27/h1-2,6-9,14H,3-5,10-13H2,(H,24,25,26). The van der Waals surface area contributed by atoms with Gasteiger partial charge in [-0.25, -0.2) is 9.97 Å². The molecule has 0 aliphatic carbocycles. The molecule has 0 radical (unpaired) electrons. The van der Waals surface area contributed by atoms with Gasteiger partial charge in [-0.1, -0.05) is 35.3 Å². The molecule has 1 fully saturated rings. The summed E-state index contributed by atoms with van der Waals surface area (Å²) in [6, 6.07) is 13.6. The SMILES string of the molecule is Clc1ccc(-c2nc(NCCCN3CCCC3)c3ccccc3n2)cc1Cl. The maximum atomic E-state index is 6.18. The van der Waals surface area contributed by atoms with Gasteiger partial charge in [-0.2, -0.15) is 0 Å². The van der Waals surface area contributed by atoms with E-state index in [0.717, 1.165) is 41.8 Å². The van der Waals surface area contributed by atoms with Crippen molar-refractivity contribution in [2.24, 2.45) is 0 Å². The van der Waals surface area contributed by atoms with Crippen LogP contribution in [-0.4, -0.2) is 41.0 Å². The lowest BCUT2D eigenvalue weighted by atomic mass is 10.2. The average molecular weight is 401 g/mol. The van der Waals surface area contributed by atoms with Crippen molar-refractivity contribution in [2.45, 2.75) is 19.3 Å². The maximum Gasteiger partial charge on any atom is 0.162 e. The maximum absolute atomic E-state index is 6.18. The smallest absolute Gasteiger partial charge is 0.162 e. The fourth-order valence-corrected chi connectivity index (χ4v) is 3.79. The van der Waals surface area contributed by atoms with E-state index in [1.54, 1.807) is 6.07 Å². The highest BCUT2D eigenvalue weighted by atomic mass is 35.5. The van der Waals surface area contributed by atoms with Crippen LogP contribution in [0.5, 0.6) is 0 Å². The van der Waals surface area contributed by atoms with Crippen LogP contribution in [0.4, 0.5) is 5.82 Å². The fourth-order valence-electron chi connectivity index (χ4n) is 3.49. The van der Waals surface area contributed by atoms with E-state index < -0.39 is 0 Å². The molecule has 6 heteroatoms. The van der Waals surface area contributed by atoms with Gasteiger partial charge in [0.15, 0.2) is 5.82 Å². The van der Waals surface area contributed by atoms with Crippen LogP contribution in [0.15, 0.2) is 42.5 Å². The van der Waals surface area contributed by atoms with Crippen molar-refractivity contribution in [1.82, 2.24) is 14.9 Å². The van der Waals surface area contributed by atoms with Gasteiger partial charge >= 0.3 is 0 Å². The summed E-state index contributed by atoms with van der Waals surface area (Å²) in [6.07, 6.45) is 3.76. The number of anilines is 1. The molecule has 3 aromatic rings. The molecule has 2 heterocycles. The third kappa shape index (κ3) is 4.34. The second-order valence-electron chi connectivity index (χ2n) is 6.87. The summed E-state index contributed by atoms with van der Waals surface area (Å²) in [6.45, 7) is 4.49. The first-order valence-electron chi connectivity index (χ1n) is 9.39. The molecular weight excluding hydrogens is 379 g/mol. The Morgan fingerprint density at radius 1 is 0.963 bits per heavy atom. The summed E-state index contributed by atoms with van der Waals surface area (Å²) in [4.78, 5) is 12.0. The van der Waals surface area contributed by atoms with Gasteiger partial charge in [-0.15, -0.1) is 0 Å². The highest BCUT2D eigenvalue weighted by Crippen LogP contribution is 2.29. The van der Waals surface area contributed by atoms with Crippen molar-refractivity contribution >= 4 is 39.9 Å². The van der Waals surface area contributed by atoms with E-state index in [1.807, 2.05) is 30.3 Å². The number of nitrogens with one attached hydrogen (secondary N) is 1. The highest BCUT2D eigenvalue weighted by molar-refractivity contribution is 6.42. The molecule has 1 aromatic heterocycles. The van der Waals surface area contributed by atoms with E-state index in [9.17, 15) is 0 Å². The number of rotatable bonds is 6. The van der Waals surface area contributed by atoms with E-state index >= 15 is 0 Å². The number of para-hydroxylation sites is 1. The van der Waals surface area contributed by atoms with Gasteiger partial charge in [0.2, 0.25) is 0 Å². The number of likely N-dealkylation sites (tertiary alicyclic amines) is 1. The molecule has 1 saturated heterocycles. The van der Waals surface area contributed by atoms with Crippen LogP contribution < -0.4 is 5.32 Å². The van der Waals surface area contributed by atoms with E-state index in [-0.39, 0.29) is 0 Å². The summed E-state index contributed by atoms with van der Waals surface area (Å²) in [7, 11) is 0. The second kappa shape index (κ2) is 8.42. The average Bonchev–Trinajstić information content (AvgIpc) is 3.20. The van der Waals surface area contributed by atoms with Gasteiger partial charge in [0.05, 0.1) is 15.6 Å². The minimum Gasteiger partial charge on any atom is -0.369 e. The van der Waals surface area contributed by atoms with Crippen molar-refractivity contribution in [3.63, 3.8) is 0 Å². The zero-order valence-corrected chi connectivity index (χ0v) is 16.6. The minimum atomic E-state index is 0.506. The van der Waals surface area contributed by atoms with Crippen molar-refractivity contribution in [2.75, 3.05) is 31.5 Å². The van der Waals surface area contributed by atoms with Gasteiger partial charge < -0.3 is 10.2 Å². The lowest BCUT2D eigenvalue weighted by molar-refractivity contribution is 0.337. The number of hydrogen-bond donors (Lipinski definition) is 1. The molecule has 1 aliphatic rings. The van der Waals surface area contributed by atoms with Crippen molar-refractivity contribution in [3.05, 3.63) is 52.5 Å². The summed E-state index contributed by atoms with van der Waals surface area (Å²) in [5.74, 6) is 1.51. The Bertz CT molecular complexity index is 939. The number of aromatic nitrogens is 2. The molecule has 4 nitrogen and oxygen atoms in total. The molecule has 1 aliphatic heterocycles. The van der Waals surface area contributed by atoms with Gasteiger partial charge in [-0.05, 0) is 69.2 Å². The second-order valence-corrected chi connectivity index (χ2v) is 7.69. The molecule has 1 N–H and O–H groups in total. The van der Waals surface area contributed by atoms with Gasteiger partial charge in [-0.3, -0.25) is 0 Å². The predicted molar refractivity (Wildman–Crippen MR) is 114 cm³/mol. The van der Waals surface area contributed by atoms with Crippen LogP contribution in [0.3, 0.4) is 0 Å². The van der Waals surface area contributed by atoms with Crippen molar-refractivity contribution in [3.8, 4) is 11.4 Å². The van der Waals surface area contributed by atoms with Crippen molar-refractivity contribution < 1.29 is 0 Å². The molecule has 4 rings (SSSR count). The number of halogens is 2. The van der Waals surface area contributed by atoms with Crippen LogP contribution in [-0.2, 0) is 0 Å². The van der Waals surface area contributed by atoms with Crippen LogP contribution >= 0.6 is 23.2 Å². The summed E-state index contributed by atoms with van der Waals surface area (Å²) >= 11 is 12.2. The number of hydrogen-bond acceptors (Lipinski definition) is 4. The molecule has 0 saturated carbocycles. The molecule has 0 atom stereocenters. The molecular formula is C21H22Cl2N4. The Morgan fingerprint density at radius 2 is 1.78 bits per heavy atom. The first-order valence-corrected chi connectivity index (χ1v) is 10.1. The van der Waals surface area contributed by atoms with Gasteiger partial charge in [0.25, 0.3) is 0 Å². The fraction of sp³-hybridized carbons (Fsp3) is 0.333. The molecule has 0 spiro atoms. The zero-order valence-electron chi connectivity index (χ0n) is 15.1. The minimum absolute atomic E-state index is 0.506. The highest BCUT2D eigenvalue weighted by Gasteiger charge is 2.12. The van der Waals surface area contributed by atoms with Crippen LogP contribution in [0.25, 0.3) is 22.3 Å².